The summed E-state index contributed by atoms with van der Waals surface area (Å²) in [6.45, 7) is 0. The van der Waals surface area contributed by atoms with E-state index in [1.165, 1.54) is 19.5 Å². The molecule has 1 heterocycles. The van der Waals surface area contributed by atoms with E-state index >= 15 is 0 Å². The third kappa shape index (κ3) is 3.54. The zero-order valence-electron chi connectivity index (χ0n) is 10.4. The zero-order chi connectivity index (χ0) is 13.8. The van der Waals surface area contributed by atoms with E-state index in [1.54, 1.807) is 12.1 Å². The van der Waals surface area contributed by atoms with Gasteiger partial charge in [0.15, 0.2) is 5.78 Å². The molecule has 5 nitrogen and oxygen atoms in total. The minimum atomic E-state index is -0.633. The maximum Gasteiger partial charge on any atom is 0.343 e. The van der Waals surface area contributed by atoms with Gasteiger partial charge in [-0.2, -0.15) is 0 Å². The van der Waals surface area contributed by atoms with E-state index in [9.17, 15) is 9.59 Å². The van der Waals surface area contributed by atoms with Gasteiger partial charge in [0.1, 0.15) is 10.7 Å². The number of aromatic nitrogens is 1. The van der Waals surface area contributed by atoms with Crippen LogP contribution < -0.4 is 5.32 Å². The molecule has 0 radical (unpaired) electrons. The first-order valence-electron chi connectivity index (χ1n) is 5.82. The monoisotopic (exact) mass is 280 g/mol. The summed E-state index contributed by atoms with van der Waals surface area (Å²) in [4.78, 5) is 27.4. The maximum atomic E-state index is 11.9. The Kier molecular flexibility index (Phi) is 4.16. The summed E-state index contributed by atoms with van der Waals surface area (Å²) in [5, 5.41) is 3.22. The van der Waals surface area contributed by atoms with E-state index in [0.717, 1.165) is 12.8 Å². The first-order valence-corrected chi connectivity index (χ1v) is 6.20. The molecule has 1 N–H and O–H groups in total. The summed E-state index contributed by atoms with van der Waals surface area (Å²) in [7, 11) is 1.25. The molecule has 0 atom stereocenters. The Morgan fingerprint density at radius 1 is 1.47 bits per heavy atom. The van der Waals surface area contributed by atoms with E-state index in [2.05, 4.69) is 15.0 Å². The van der Waals surface area contributed by atoms with Crippen molar-refractivity contribution in [3.63, 3.8) is 0 Å². The van der Waals surface area contributed by atoms with Crippen molar-refractivity contribution in [2.75, 3.05) is 12.4 Å². The topological polar surface area (TPSA) is 68.3 Å². The van der Waals surface area contributed by atoms with Crippen LogP contribution in [0.4, 0.5) is 5.69 Å². The van der Waals surface area contributed by atoms with Crippen molar-refractivity contribution in [3.05, 3.63) is 35.3 Å². The molecule has 0 aromatic carbocycles. The number of nitrogens with zero attached hydrogens (tertiary/aromatic N) is 1. The van der Waals surface area contributed by atoms with Gasteiger partial charge in [-0.1, -0.05) is 11.6 Å². The minimum Gasteiger partial charge on any atom is -0.465 e. The number of rotatable bonds is 5. The molecule has 1 aromatic rings. The van der Waals surface area contributed by atoms with Gasteiger partial charge < -0.3 is 10.1 Å². The molecule has 2 rings (SSSR count). The molecule has 100 valence electrons. The van der Waals surface area contributed by atoms with Crippen LogP contribution in [-0.4, -0.2) is 23.8 Å². The number of pyridine rings is 1. The van der Waals surface area contributed by atoms with E-state index in [1.807, 2.05) is 0 Å². The predicted octanol–water partition coefficient (Wildman–Crippen LogP) is 2.18. The fourth-order valence-corrected chi connectivity index (χ4v) is 1.63. The van der Waals surface area contributed by atoms with Gasteiger partial charge in [0.25, 0.3) is 0 Å². The molecule has 0 spiro atoms. The molecule has 0 amide bonds. The van der Waals surface area contributed by atoms with Crippen molar-refractivity contribution in [2.24, 2.45) is 5.92 Å². The van der Waals surface area contributed by atoms with E-state index in [0.29, 0.717) is 10.8 Å². The highest BCUT2D eigenvalue weighted by atomic mass is 35.5. The van der Waals surface area contributed by atoms with Crippen LogP contribution in [0.15, 0.2) is 30.1 Å². The molecule has 0 bridgehead atoms. The van der Waals surface area contributed by atoms with Crippen LogP contribution in [0.3, 0.4) is 0 Å². The quantitative estimate of drug-likeness (QED) is 0.294. The average Bonchev–Trinajstić information content (AvgIpc) is 3.24. The predicted molar refractivity (Wildman–Crippen MR) is 70.7 cm³/mol. The van der Waals surface area contributed by atoms with E-state index < -0.39 is 5.97 Å². The van der Waals surface area contributed by atoms with Crippen molar-refractivity contribution in [1.82, 2.24) is 4.98 Å². The van der Waals surface area contributed by atoms with Crippen LogP contribution in [0.5, 0.6) is 0 Å². The second-order valence-corrected chi connectivity index (χ2v) is 4.59. The lowest BCUT2D eigenvalue weighted by molar-refractivity contribution is -0.138. The van der Waals surface area contributed by atoms with Crippen molar-refractivity contribution in [1.29, 1.82) is 0 Å². The summed E-state index contributed by atoms with van der Waals surface area (Å²) in [5.74, 6) is -0.858. The number of hydrogen-bond acceptors (Lipinski definition) is 5. The first-order chi connectivity index (χ1) is 9.11. The van der Waals surface area contributed by atoms with E-state index in [-0.39, 0.29) is 17.3 Å². The number of ketones is 1. The molecule has 1 saturated carbocycles. The Morgan fingerprint density at radius 2 is 2.21 bits per heavy atom. The average molecular weight is 281 g/mol. The molecule has 0 unspecified atom stereocenters. The largest absolute Gasteiger partial charge is 0.465 e. The number of hydrogen-bond donors (Lipinski definition) is 1. The summed E-state index contributed by atoms with van der Waals surface area (Å²) in [5.41, 5.74) is 0.661. The van der Waals surface area contributed by atoms with Gasteiger partial charge >= 0.3 is 5.97 Å². The Labute approximate surface area is 115 Å². The number of nitrogens with one attached hydrogen (secondary N) is 1. The third-order valence-electron chi connectivity index (χ3n) is 2.73. The Bertz CT molecular complexity index is 521. The van der Waals surface area contributed by atoms with Gasteiger partial charge in [-0.15, -0.1) is 0 Å². The summed E-state index contributed by atoms with van der Waals surface area (Å²) >= 11 is 5.67. The van der Waals surface area contributed by atoms with Gasteiger partial charge in [-0.3, -0.25) is 4.79 Å². The van der Waals surface area contributed by atoms with Gasteiger partial charge in [-0.05, 0) is 25.0 Å². The second kappa shape index (κ2) is 5.84. The van der Waals surface area contributed by atoms with Crippen molar-refractivity contribution in [2.45, 2.75) is 12.8 Å². The van der Waals surface area contributed by atoms with Crippen LogP contribution >= 0.6 is 11.6 Å². The Morgan fingerprint density at radius 3 is 2.74 bits per heavy atom. The number of carbonyl (C=O) groups excluding carboxylic acids is 2. The second-order valence-electron chi connectivity index (χ2n) is 4.20. The van der Waals surface area contributed by atoms with Gasteiger partial charge in [-0.25, -0.2) is 9.78 Å². The Balaban J connectivity index is 2.13. The highest BCUT2D eigenvalue weighted by Gasteiger charge is 2.34. The number of carbonyl (C=O) groups is 2. The van der Waals surface area contributed by atoms with Crippen LogP contribution in [0, 0.1) is 5.92 Å². The van der Waals surface area contributed by atoms with Crippen LogP contribution in [0.2, 0.25) is 5.15 Å². The summed E-state index contributed by atoms with van der Waals surface area (Å²) in [6.07, 6.45) is 4.53. The minimum absolute atomic E-state index is 0.0277. The molecule has 1 aliphatic carbocycles. The van der Waals surface area contributed by atoms with Crippen LogP contribution in [0.1, 0.15) is 12.8 Å². The lowest BCUT2D eigenvalue weighted by Gasteiger charge is -2.05. The third-order valence-corrected chi connectivity index (χ3v) is 2.95. The van der Waals surface area contributed by atoms with Crippen LogP contribution in [-0.2, 0) is 14.3 Å². The number of anilines is 1. The van der Waals surface area contributed by atoms with Gasteiger partial charge in [0, 0.05) is 12.1 Å². The molecule has 1 aliphatic rings. The smallest absolute Gasteiger partial charge is 0.343 e. The Hall–Kier alpha value is -1.88. The number of halogens is 1. The summed E-state index contributed by atoms with van der Waals surface area (Å²) in [6, 6.07) is 3.31. The van der Waals surface area contributed by atoms with Crippen LogP contribution in [0.25, 0.3) is 0 Å². The molecule has 0 saturated heterocycles. The number of esters is 1. The number of Topliss-reactive ketones (excluding diaryl/α,β-unsaturated/α-hetero) is 1. The van der Waals surface area contributed by atoms with Gasteiger partial charge in [0.05, 0.1) is 19.0 Å². The molecule has 19 heavy (non-hydrogen) atoms. The highest BCUT2D eigenvalue weighted by molar-refractivity contribution is 6.29. The van der Waals surface area contributed by atoms with Gasteiger partial charge in [0.2, 0.25) is 0 Å². The SMILES string of the molecule is COC(=O)/C(=C/Nc1ccc(Cl)nc1)C(=O)C1CC1. The normalized spacial score (nSPS) is 14.9. The molecular weight excluding hydrogens is 268 g/mol. The van der Waals surface area contributed by atoms with Crippen molar-refractivity contribution >= 4 is 29.0 Å². The lowest BCUT2D eigenvalue weighted by atomic mass is 10.1. The highest BCUT2D eigenvalue weighted by Crippen LogP contribution is 2.32. The molecular formula is C13H13ClN2O3. The molecule has 6 heteroatoms. The lowest BCUT2D eigenvalue weighted by Crippen LogP contribution is -2.17. The molecule has 1 aromatic heterocycles. The number of methoxy groups -OCH3 is 1. The molecule has 1 fully saturated rings. The molecule has 0 aliphatic heterocycles. The fourth-order valence-electron chi connectivity index (χ4n) is 1.52. The zero-order valence-corrected chi connectivity index (χ0v) is 11.1. The van der Waals surface area contributed by atoms with E-state index in [4.69, 9.17) is 11.6 Å². The summed E-state index contributed by atoms with van der Waals surface area (Å²) < 4.78 is 4.61. The number of ether oxygens (including phenoxy) is 1. The fraction of sp³-hybridized carbons (Fsp3) is 0.308. The maximum absolute atomic E-state index is 11.9. The van der Waals surface area contributed by atoms with Crippen molar-refractivity contribution in [3.8, 4) is 0 Å². The standard InChI is InChI=1S/C13H13ClN2O3/c1-19-13(18)10(12(17)8-2-3-8)7-15-9-4-5-11(14)16-6-9/h4-8,15H,2-3H2,1H3/b10-7+. The van der Waals surface area contributed by atoms with Crippen molar-refractivity contribution < 1.29 is 14.3 Å². The first kappa shape index (κ1) is 13.5.